The fourth-order valence-corrected chi connectivity index (χ4v) is 7.12. The maximum atomic E-state index is 11.8. The zero-order chi connectivity index (χ0) is 27.4. The molecule has 37 heavy (non-hydrogen) atoms. The van der Waals surface area contributed by atoms with Crippen LogP contribution in [0, 0.1) is 11.8 Å². The van der Waals surface area contributed by atoms with E-state index in [-0.39, 0.29) is 12.7 Å². The second-order valence-corrected chi connectivity index (χ2v) is 13.1. The zero-order valence-corrected chi connectivity index (χ0v) is 25.7. The minimum absolute atomic E-state index is 0.163. The fourth-order valence-electron chi connectivity index (χ4n) is 5.29. The van der Waals surface area contributed by atoms with E-state index < -0.39 is 25.2 Å². The van der Waals surface area contributed by atoms with Crippen molar-refractivity contribution >= 4 is 26.2 Å². The summed E-state index contributed by atoms with van der Waals surface area (Å²) >= 11 is 1.29. The molecule has 0 heterocycles. The van der Waals surface area contributed by atoms with Gasteiger partial charge in [-0.3, -0.25) is 0 Å². The SMILES string of the molecule is CCCCCCCCCCOC(C)COC(SCCC(CCCC)C1CCCCC1)C(O)([PH+]=O)C(=O)O. The summed E-state index contributed by atoms with van der Waals surface area (Å²) in [6.45, 7) is 7.15. The van der Waals surface area contributed by atoms with E-state index in [2.05, 4.69) is 13.8 Å². The summed E-state index contributed by atoms with van der Waals surface area (Å²) < 4.78 is 23.5. The lowest BCUT2D eigenvalue weighted by Gasteiger charge is -2.31. The highest BCUT2D eigenvalue weighted by molar-refractivity contribution is 8.00. The van der Waals surface area contributed by atoms with Crippen molar-refractivity contribution in [3.63, 3.8) is 0 Å². The molecule has 6 nitrogen and oxygen atoms in total. The maximum absolute atomic E-state index is 11.8. The van der Waals surface area contributed by atoms with Gasteiger partial charge in [0.25, 0.3) is 0 Å². The van der Waals surface area contributed by atoms with Gasteiger partial charge < -0.3 is 19.7 Å². The number of aliphatic carboxylic acids is 1. The Hall–Kier alpha value is -0.200. The van der Waals surface area contributed by atoms with Gasteiger partial charge >= 0.3 is 19.8 Å². The second-order valence-electron chi connectivity index (χ2n) is 11.0. The van der Waals surface area contributed by atoms with Crippen molar-refractivity contribution in [3.05, 3.63) is 0 Å². The lowest BCUT2D eigenvalue weighted by Crippen LogP contribution is -2.45. The molecule has 0 radical (unpaired) electrons. The van der Waals surface area contributed by atoms with Gasteiger partial charge in [0, 0.05) is 6.61 Å². The molecule has 0 aromatic heterocycles. The van der Waals surface area contributed by atoms with Crippen LogP contribution in [-0.4, -0.2) is 52.0 Å². The van der Waals surface area contributed by atoms with Gasteiger partial charge in [0.15, 0.2) is 5.44 Å². The van der Waals surface area contributed by atoms with E-state index in [1.165, 1.54) is 102 Å². The molecule has 0 saturated heterocycles. The van der Waals surface area contributed by atoms with Crippen LogP contribution < -0.4 is 0 Å². The van der Waals surface area contributed by atoms with Crippen molar-refractivity contribution in [3.8, 4) is 0 Å². The van der Waals surface area contributed by atoms with Crippen LogP contribution in [0.25, 0.3) is 0 Å². The molecule has 0 spiro atoms. The second kappa shape index (κ2) is 21.6. The highest BCUT2D eigenvalue weighted by atomic mass is 32.2. The third-order valence-corrected chi connectivity index (χ3v) is 9.96. The van der Waals surface area contributed by atoms with Crippen molar-refractivity contribution in [2.45, 2.75) is 147 Å². The summed E-state index contributed by atoms with van der Waals surface area (Å²) in [5, 5.41) is 17.9. The summed E-state index contributed by atoms with van der Waals surface area (Å²) in [7, 11) is -1.40. The van der Waals surface area contributed by atoms with Crippen LogP contribution in [0.15, 0.2) is 0 Å². The number of carboxylic acids is 1. The van der Waals surface area contributed by atoms with Crippen LogP contribution >= 0.6 is 20.2 Å². The molecule has 1 fully saturated rings. The molecule has 1 aliphatic rings. The van der Waals surface area contributed by atoms with Gasteiger partial charge in [0.1, 0.15) is 0 Å². The van der Waals surface area contributed by atoms with E-state index in [4.69, 9.17) is 9.47 Å². The predicted molar refractivity (Wildman–Crippen MR) is 156 cm³/mol. The molecule has 0 aliphatic heterocycles. The molecule has 5 unspecified atom stereocenters. The van der Waals surface area contributed by atoms with Gasteiger partial charge in [-0.1, -0.05) is 115 Å². The molecule has 0 aromatic rings. The number of unbranched alkanes of at least 4 members (excludes halogenated alkanes) is 8. The van der Waals surface area contributed by atoms with E-state index in [0.717, 1.165) is 25.2 Å². The number of hydrogen-bond acceptors (Lipinski definition) is 6. The molecule has 5 atom stereocenters. The van der Waals surface area contributed by atoms with Gasteiger partial charge in [0.05, 0.1) is 12.7 Å². The van der Waals surface area contributed by atoms with Crippen LogP contribution in [0.1, 0.15) is 130 Å². The quantitative estimate of drug-likeness (QED) is 0.0695. The summed E-state index contributed by atoms with van der Waals surface area (Å²) in [5.74, 6) is 0.545. The smallest absolute Gasteiger partial charge is 0.392 e. The molecule has 1 saturated carbocycles. The van der Waals surface area contributed by atoms with E-state index in [1.807, 2.05) is 6.92 Å². The summed E-state index contributed by atoms with van der Waals surface area (Å²) in [4.78, 5) is 11.8. The molecule has 1 rings (SSSR count). The molecule has 0 aromatic carbocycles. The Kier molecular flexibility index (Phi) is 20.3. The van der Waals surface area contributed by atoms with Crippen molar-refractivity contribution in [1.29, 1.82) is 0 Å². The summed E-state index contributed by atoms with van der Waals surface area (Å²) in [6.07, 6.45) is 20.7. The van der Waals surface area contributed by atoms with Crippen LogP contribution in [-0.2, 0) is 18.8 Å². The average molecular weight is 564 g/mol. The molecular formula is C29H56O6PS+. The Labute approximate surface area is 232 Å². The number of carbonyl (C=O) groups is 1. The molecular weight excluding hydrogens is 507 g/mol. The topological polar surface area (TPSA) is 93.1 Å². The first-order valence-electron chi connectivity index (χ1n) is 15.1. The van der Waals surface area contributed by atoms with Crippen molar-refractivity contribution in [2.24, 2.45) is 11.8 Å². The van der Waals surface area contributed by atoms with Crippen molar-refractivity contribution in [1.82, 2.24) is 0 Å². The number of rotatable bonds is 24. The first-order valence-corrected chi connectivity index (χ1v) is 17.0. The van der Waals surface area contributed by atoms with Crippen LogP contribution in [0.4, 0.5) is 0 Å². The van der Waals surface area contributed by atoms with E-state index in [9.17, 15) is 19.6 Å². The lowest BCUT2D eigenvalue weighted by molar-refractivity contribution is -0.157. The zero-order valence-electron chi connectivity index (χ0n) is 23.9. The number of hydrogen-bond donors (Lipinski definition) is 2. The van der Waals surface area contributed by atoms with Crippen LogP contribution in [0.5, 0.6) is 0 Å². The first kappa shape index (κ1) is 34.8. The van der Waals surface area contributed by atoms with Crippen LogP contribution in [0.3, 0.4) is 0 Å². The van der Waals surface area contributed by atoms with Gasteiger partial charge in [-0.05, 0) is 37.4 Å². The van der Waals surface area contributed by atoms with Gasteiger partial charge in [-0.2, -0.15) is 0 Å². The summed E-state index contributed by atoms with van der Waals surface area (Å²) in [5.41, 5.74) is -1.09. The van der Waals surface area contributed by atoms with Gasteiger partial charge in [0.2, 0.25) is 0 Å². The largest absolute Gasteiger partial charge is 0.476 e. The number of carboxylic acid groups (broad SMARTS) is 1. The number of ether oxygens (including phenoxy) is 2. The Morgan fingerprint density at radius 2 is 1.57 bits per heavy atom. The van der Waals surface area contributed by atoms with Gasteiger partial charge in [-0.25, -0.2) is 4.79 Å². The van der Waals surface area contributed by atoms with Gasteiger partial charge in [-0.15, -0.1) is 11.8 Å². The molecule has 8 heteroatoms. The van der Waals surface area contributed by atoms with E-state index in [1.54, 1.807) is 0 Å². The Bertz CT molecular complexity index is 589. The normalized spacial score (nSPS) is 18.9. The fraction of sp³-hybridized carbons (Fsp3) is 0.966. The Balaban J connectivity index is 2.50. The number of thioether (sulfide) groups is 1. The molecule has 0 bridgehead atoms. The third-order valence-electron chi connectivity index (χ3n) is 7.71. The van der Waals surface area contributed by atoms with Crippen LogP contribution in [0.2, 0.25) is 0 Å². The Morgan fingerprint density at radius 1 is 0.946 bits per heavy atom. The van der Waals surface area contributed by atoms with Crippen molar-refractivity contribution in [2.75, 3.05) is 19.0 Å². The maximum Gasteiger partial charge on any atom is 0.392 e. The molecule has 218 valence electrons. The first-order chi connectivity index (χ1) is 17.9. The lowest BCUT2D eigenvalue weighted by atomic mass is 9.77. The third kappa shape index (κ3) is 14.7. The minimum Gasteiger partial charge on any atom is -0.476 e. The van der Waals surface area contributed by atoms with Crippen molar-refractivity contribution < 1.29 is 29.0 Å². The predicted octanol–water partition coefficient (Wildman–Crippen LogP) is 8.18. The molecule has 0 amide bonds. The average Bonchev–Trinajstić information content (AvgIpc) is 2.91. The highest BCUT2D eigenvalue weighted by Crippen LogP contribution is 2.38. The molecule has 1 aliphatic carbocycles. The standard InChI is InChI=1S/C29H55O6PS/c1-4-6-8-9-10-11-12-16-21-34-24(3)23-35-28(29(32,36-33)27(30)31)37-22-20-26(17-7-5-2)25-18-14-13-15-19-25/h24-26,28,32H,4-23H2,1-3H3,(H,30,31)/p+1. The molecule has 2 N–H and O–H groups in total. The summed E-state index contributed by atoms with van der Waals surface area (Å²) in [6, 6.07) is 0. The highest BCUT2D eigenvalue weighted by Gasteiger charge is 2.55. The minimum atomic E-state index is -2.41. The Morgan fingerprint density at radius 3 is 2.16 bits per heavy atom. The van der Waals surface area contributed by atoms with E-state index in [0.29, 0.717) is 18.3 Å². The monoisotopic (exact) mass is 563 g/mol. The number of aliphatic hydroxyl groups is 1. The van der Waals surface area contributed by atoms with E-state index >= 15 is 0 Å².